The van der Waals surface area contributed by atoms with Crippen LogP contribution in [0.1, 0.15) is 35.9 Å². The van der Waals surface area contributed by atoms with Crippen LogP contribution >= 0.6 is 0 Å². The van der Waals surface area contributed by atoms with Crippen LogP contribution in [0.25, 0.3) is 11.3 Å². The first kappa shape index (κ1) is 21.6. The Morgan fingerprint density at radius 1 is 1.09 bits per heavy atom. The van der Waals surface area contributed by atoms with Gasteiger partial charge in [0.2, 0.25) is 0 Å². The van der Waals surface area contributed by atoms with Gasteiger partial charge in [-0.15, -0.1) is 0 Å². The highest BCUT2D eigenvalue weighted by atomic mass is 19.1. The number of ether oxygens (including phenoxy) is 1. The van der Waals surface area contributed by atoms with E-state index < -0.39 is 0 Å². The summed E-state index contributed by atoms with van der Waals surface area (Å²) in [6, 6.07) is 14.0. The summed E-state index contributed by atoms with van der Waals surface area (Å²) in [6.45, 7) is 6.16. The van der Waals surface area contributed by atoms with Crippen molar-refractivity contribution in [3.05, 3.63) is 71.9 Å². The van der Waals surface area contributed by atoms with Gasteiger partial charge in [-0.25, -0.2) is 9.37 Å². The Labute approximate surface area is 193 Å². The van der Waals surface area contributed by atoms with Crippen LogP contribution < -0.4 is 4.74 Å². The fourth-order valence-electron chi connectivity index (χ4n) is 5.45. The van der Waals surface area contributed by atoms with Crippen LogP contribution in [0.3, 0.4) is 0 Å². The van der Waals surface area contributed by atoms with Crippen molar-refractivity contribution in [2.45, 2.75) is 31.8 Å². The van der Waals surface area contributed by atoms with Crippen molar-refractivity contribution in [3.63, 3.8) is 0 Å². The number of piperidine rings is 1. The van der Waals surface area contributed by atoms with E-state index >= 15 is 0 Å². The molecule has 1 aromatic heterocycles. The number of carbonyl (C=O) groups excluding carboxylic acids is 1. The second kappa shape index (κ2) is 8.63. The number of amides is 1. The number of fused-ring (bicyclic) bond motifs is 2. The van der Waals surface area contributed by atoms with Gasteiger partial charge in [0.25, 0.3) is 5.91 Å². The number of methoxy groups -OCH3 is 1. The van der Waals surface area contributed by atoms with Crippen LogP contribution in [0, 0.1) is 5.82 Å². The van der Waals surface area contributed by atoms with Crippen molar-refractivity contribution in [1.29, 1.82) is 0 Å². The average Bonchev–Trinajstić information content (AvgIpc) is 3.30. The quantitative estimate of drug-likeness (QED) is 0.601. The topological polar surface area (TPSA) is 50.6 Å². The maximum absolute atomic E-state index is 13.9. The molecule has 0 bridgehead atoms. The summed E-state index contributed by atoms with van der Waals surface area (Å²) in [6.07, 6.45) is 3.51. The molecule has 2 aliphatic rings. The Morgan fingerprint density at radius 2 is 1.88 bits per heavy atom. The number of halogens is 1. The van der Waals surface area contributed by atoms with Crippen LogP contribution in [-0.2, 0) is 12.1 Å². The smallest absolute Gasteiger partial charge is 0.253 e. The van der Waals surface area contributed by atoms with Crippen LogP contribution in [-0.4, -0.2) is 58.5 Å². The van der Waals surface area contributed by atoms with Gasteiger partial charge in [-0.1, -0.05) is 25.1 Å². The van der Waals surface area contributed by atoms with Crippen LogP contribution in [0.5, 0.6) is 5.75 Å². The van der Waals surface area contributed by atoms with Gasteiger partial charge in [0, 0.05) is 37.3 Å². The molecule has 7 heteroatoms. The summed E-state index contributed by atoms with van der Waals surface area (Å²) < 4.78 is 21.4. The fourth-order valence-corrected chi connectivity index (χ4v) is 5.45. The Kier molecular flexibility index (Phi) is 5.66. The van der Waals surface area contributed by atoms with Crippen molar-refractivity contribution in [2.75, 3.05) is 33.3 Å². The number of hydrogen-bond donors (Lipinski definition) is 0. The number of likely N-dealkylation sites (N-methyl/N-ethyl adjacent to an activating group) is 1. The second-order valence-electron chi connectivity index (χ2n) is 8.76. The highest BCUT2D eigenvalue weighted by Gasteiger charge is 2.47. The highest BCUT2D eigenvalue weighted by molar-refractivity contribution is 5.94. The Hall–Kier alpha value is -3.19. The Bertz CT molecular complexity index is 1170. The lowest BCUT2D eigenvalue weighted by atomic mass is 9.83. The highest BCUT2D eigenvalue weighted by Crippen LogP contribution is 2.42. The standard InChI is InChI=1S/C26H29FN4O2/c1-3-30-14-15-31-23(19-6-4-8-21(27)16-19)18-28-25(31)26(30)10-12-29(13-11-26)24(32)20-7-5-9-22(17-20)33-2/h4-9,16-18H,3,10-15H2,1-2H3. The van der Waals surface area contributed by atoms with Crippen LogP contribution in [0.15, 0.2) is 54.7 Å². The SMILES string of the molecule is CCN1CCn2c(-c3cccc(F)c3)cnc2C12CCN(C(=O)c1cccc(OC)c1)CC2. The normalized spacial score (nSPS) is 17.7. The Balaban J connectivity index is 1.43. The van der Waals surface area contributed by atoms with Gasteiger partial charge in [0.05, 0.1) is 24.5 Å². The van der Waals surface area contributed by atoms with E-state index in [0.717, 1.165) is 49.6 Å². The molecule has 1 saturated heterocycles. The van der Waals surface area contributed by atoms with Crippen molar-refractivity contribution in [2.24, 2.45) is 0 Å². The molecule has 0 N–H and O–H groups in total. The zero-order valence-electron chi connectivity index (χ0n) is 19.1. The third-order valence-corrected chi connectivity index (χ3v) is 7.17. The van der Waals surface area contributed by atoms with E-state index in [-0.39, 0.29) is 17.3 Å². The molecule has 1 amide bonds. The Morgan fingerprint density at radius 3 is 2.61 bits per heavy atom. The lowest BCUT2D eigenvalue weighted by Crippen LogP contribution is -2.58. The predicted molar refractivity (Wildman–Crippen MR) is 125 cm³/mol. The van der Waals surface area contributed by atoms with Crippen molar-refractivity contribution in [3.8, 4) is 17.0 Å². The van der Waals surface area contributed by atoms with Crippen molar-refractivity contribution >= 4 is 5.91 Å². The van der Waals surface area contributed by atoms with E-state index in [0.29, 0.717) is 24.4 Å². The van der Waals surface area contributed by atoms with Gasteiger partial charge < -0.3 is 14.2 Å². The summed E-state index contributed by atoms with van der Waals surface area (Å²) in [4.78, 5) is 22.5. The molecule has 0 atom stereocenters. The molecule has 1 spiro atoms. The van der Waals surface area contributed by atoms with Crippen molar-refractivity contribution in [1.82, 2.24) is 19.4 Å². The number of imidazole rings is 1. The largest absolute Gasteiger partial charge is 0.497 e. The fraction of sp³-hybridized carbons (Fsp3) is 0.385. The number of carbonyl (C=O) groups is 1. The summed E-state index contributed by atoms with van der Waals surface area (Å²) in [7, 11) is 1.61. The minimum absolute atomic E-state index is 0.0337. The number of aromatic nitrogens is 2. The molecule has 0 aliphatic carbocycles. The van der Waals surface area contributed by atoms with Crippen LogP contribution in [0.4, 0.5) is 4.39 Å². The molecule has 3 heterocycles. The molecule has 0 unspecified atom stereocenters. The average molecular weight is 449 g/mol. The summed E-state index contributed by atoms with van der Waals surface area (Å²) >= 11 is 0. The van der Waals surface area contributed by atoms with Crippen LogP contribution in [0.2, 0.25) is 0 Å². The summed E-state index contributed by atoms with van der Waals surface area (Å²) in [5.74, 6) is 1.51. The van der Waals surface area contributed by atoms with Gasteiger partial charge in [-0.2, -0.15) is 0 Å². The van der Waals surface area contributed by atoms with Gasteiger partial charge in [0.1, 0.15) is 17.4 Å². The molecule has 6 nitrogen and oxygen atoms in total. The summed E-state index contributed by atoms with van der Waals surface area (Å²) in [5.41, 5.74) is 2.23. The minimum Gasteiger partial charge on any atom is -0.497 e. The molecule has 5 rings (SSSR count). The first-order chi connectivity index (χ1) is 16.1. The van der Waals surface area contributed by atoms with E-state index in [1.54, 1.807) is 25.3 Å². The van der Waals surface area contributed by atoms with E-state index in [2.05, 4.69) is 16.4 Å². The maximum Gasteiger partial charge on any atom is 0.253 e. The number of rotatable bonds is 4. The van der Waals surface area contributed by atoms with Gasteiger partial charge in [0.15, 0.2) is 0 Å². The zero-order valence-corrected chi connectivity index (χ0v) is 19.1. The lowest BCUT2D eigenvalue weighted by molar-refractivity contribution is -0.00313. The molecular weight excluding hydrogens is 419 g/mol. The van der Waals surface area contributed by atoms with E-state index in [9.17, 15) is 9.18 Å². The first-order valence-corrected chi connectivity index (χ1v) is 11.6. The van der Waals surface area contributed by atoms with Gasteiger partial charge in [-0.3, -0.25) is 9.69 Å². The third-order valence-electron chi connectivity index (χ3n) is 7.17. The number of nitrogens with zero attached hydrogens (tertiary/aromatic N) is 4. The molecule has 33 heavy (non-hydrogen) atoms. The number of benzene rings is 2. The molecule has 2 aromatic carbocycles. The van der Waals surface area contributed by atoms with Gasteiger partial charge >= 0.3 is 0 Å². The predicted octanol–water partition coefficient (Wildman–Crippen LogP) is 4.16. The zero-order chi connectivity index (χ0) is 23.0. The molecule has 2 aliphatic heterocycles. The maximum atomic E-state index is 13.9. The minimum atomic E-state index is -0.242. The van der Waals surface area contributed by atoms with E-state index in [4.69, 9.17) is 9.72 Å². The number of hydrogen-bond acceptors (Lipinski definition) is 4. The van der Waals surface area contributed by atoms with Crippen molar-refractivity contribution < 1.29 is 13.9 Å². The molecule has 0 saturated carbocycles. The number of likely N-dealkylation sites (tertiary alicyclic amines) is 1. The lowest BCUT2D eigenvalue weighted by Gasteiger charge is -2.50. The van der Waals surface area contributed by atoms with E-state index in [1.165, 1.54) is 6.07 Å². The molecule has 1 fully saturated rings. The first-order valence-electron chi connectivity index (χ1n) is 11.6. The molecule has 3 aromatic rings. The third kappa shape index (κ3) is 3.70. The van der Waals surface area contributed by atoms with E-state index in [1.807, 2.05) is 35.4 Å². The monoisotopic (exact) mass is 448 g/mol. The second-order valence-corrected chi connectivity index (χ2v) is 8.76. The van der Waals surface area contributed by atoms with Gasteiger partial charge in [-0.05, 0) is 49.7 Å². The molecule has 0 radical (unpaired) electrons. The summed E-state index contributed by atoms with van der Waals surface area (Å²) in [5, 5.41) is 0. The molecular formula is C26H29FN4O2. The molecule has 172 valence electrons.